The molecular weight excluding hydrogens is 658 g/mol. The molecule has 2 heterocycles. The Kier molecular flexibility index (Phi) is 10.2. The molecule has 1 aromatic heterocycles. The van der Waals surface area contributed by atoms with E-state index < -0.39 is 6.04 Å². The Hall–Kier alpha value is -4.86. The lowest BCUT2D eigenvalue weighted by Gasteiger charge is -2.30. The summed E-state index contributed by atoms with van der Waals surface area (Å²) in [5, 5.41) is 2.54. The van der Waals surface area contributed by atoms with Crippen molar-refractivity contribution >= 4 is 45.7 Å². The lowest BCUT2D eigenvalue weighted by molar-refractivity contribution is -0.127. The molecule has 0 saturated carbocycles. The van der Waals surface area contributed by atoms with Gasteiger partial charge in [0.25, 0.3) is 11.5 Å². The van der Waals surface area contributed by atoms with E-state index in [0.29, 0.717) is 69.2 Å². The van der Waals surface area contributed by atoms with Gasteiger partial charge in [-0.05, 0) is 86.0 Å². The SMILES string of the molecule is CCOc1cc(/C=c2/sc3n(c2=O)[C@H](c2c(OC)ccc4ccccc24)C(C(=O)N(CC)CC)=C(C)N=3)ccc1OCc1ccc(Cl)cc1. The fourth-order valence-corrected chi connectivity index (χ4v) is 7.35. The molecule has 0 radical (unpaired) electrons. The fourth-order valence-electron chi connectivity index (χ4n) is 6.18. The van der Waals surface area contributed by atoms with Gasteiger partial charge < -0.3 is 19.1 Å². The number of hydrogen-bond acceptors (Lipinski definition) is 7. The van der Waals surface area contributed by atoms with Crippen molar-refractivity contribution in [3.05, 3.63) is 132 Å². The maximum atomic E-state index is 14.5. The minimum absolute atomic E-state index is 0.156. The first kappa shape index (κ1) is 34.0. The number of benzene rings is 4. The predicted octanol–water partition coefficient (Wildman–Crippen LogP) is 6.90. The predicted molar refractivity (Wildman–Crippen MR) is 196 cm³/mol. The van der Waals surface area contributed by atoms with Crippen LogP contribution in [0.1, 0.15) is 50.4 Å². The number of aromatic nitrogens is 1. The van der Waals surface area contributed by atoms with Crippen LogP contribution < -0.4 is 29.1 Å². The van der Waals surface area contributed by atoms with Crippen LogP contribution in [-0.2, 0) is 11.4 Å². The number of nitrogens with zero attached hydrogens (tertiary/aromatic N) is 3. The van der Waals surface area contributed by atoms with Gasteiger partial charge in [0, 0.05) is 23.7 Å². The Morgan fingerprint density at radius 3 is 2.41 bits per heavy atom. The molecule has 1 aliphatic heterocycles. The third kappa shape index (κ3) is 6.73. The average molecular weight is 696 g/mol. The van der Waals surface area contributed by atoms with Crippen molar-refractivity contribution in [3.8, 4) is 17.2 Å². The lowest BCUT2D eigenvalue weighted by Crippen LogP contribution is -2.43. The first-order valence-corrected chi connectivity index (χ1v) is 17.5. The van der Waals surface area contributed by atoms with Crippen LogP contribution in [0.4, 0.5) is 0 Å². The van der Waals surface area contributed by atoms with Crippen molar-refractivity contribution < 1.29 is 19.0 Å². The summed E-state index contributed by atoms with van der Waals surface area (Å²) in [6.07, 6.45) is 1.83. The summed E-state index contributed by atoms with van der Waals surface area (Å²) in [4.78, 5) is 35.9. The Labute approximate surface area is 294 Å². The van der Waals surface area contributed by atoms with E-state index in [9.17, 15) is 9.59 Å². The molecule has 8 nitrogen and oxygen atoms in total. The summed E-state index contributed by atoms with van der Waals surface area (Å²) in [7, 11) is 1.61. The molecule has 0 bridgehead atoms. The normalized spacial score (nSPS) is 14.4. The van der Waals surface area contributed by atoms with Gasteiger partial charge in [0.05, 0.1) is 29.5 Å². The summed E-state index contributed by atoms with van der Waals surface area (Å²) >= 11 is 7.32. The zero-order valence-electron chi connectivity index (χ0n) is 28.2. The molecule has 1 amide bonds. The van der Waals surface area contributed by atoms with Crippen molar-refractivity contribution in [2.24, 2.45) is 4.99 Å². The Morgan fingerprint density at radius 2 is 1.69 bits per heavy atom. The zero-order valence-corrected chi connectivity index (χ0v) is 29.7. The second-order valence-corrected chi connectivity index (χ2v) is 13.0. The summed E-state index contributed by atoms with van der Waals surface area (Å²) in [5.74, 6) is 1.59. The highest BCUT2D eigenvalue weighted by molar-refractivity contribution is 7.07. The number of hydrogen-bond donors (Lipinski definition) is 0. The smallest absolute Gasteiger partial charge is 0.271 e. The van der Waals surface area contributed by atoms with Crippen molar-refractivity contribution in [3.63, 3.8) is 0 Å². The summed E-state index contributed by atoms with van der Waals surface area (Å²) < 4.78 is 20.1. The second kappa shape index (κ2) is 14.7. The molecule has 49 heavy (non-hydrogen) atoms. The van der Waals surface area contributed by atoms with Gasteiger partial charge in [0.2, 0.25) is 0 Å². The van der Waals surface area contributed by atoms with Gasteiger partial charge in [-0.15, -0.1) is 0 Å². The summed E-state index contributed by atoms with van der Waals surface area (Å²) in [6, 6.07) is 24.2. The Morgan fingerprint density at radius 1 is 0.959 bits per heavy atom. The van der Waals surface area contributed by atoms with E-state index in [0.717, 1.165) is 27.5 Å². The van der Waals surface area contributed by atoms with Crippen LogP contribution in [0.2, 0.25) is 5.02 Å². The third-order valence-corrected chi connectivity index (χ3v) is 9.83. The molecule has 10 heteroatoms. The molecule has 252 valence electrons. The molecule has 0 fully saturated rings. The lowest BCUT2D eigenvalue weighted by atomic mass is 9.90. The topological polar surface area (TPSA) is 82.4 Å². The highest BCUT2D eigenvalue weighted by Gasteiger charge is 2.36. The fraction of sp³-hybridized carbons (Fsp3) is 0.256. The largest absolute Gasteiger partial charge is 0.496 e. The van der Waals surface area contributed by atoms with Crippen molar-refractivity contribution in [1.29, 1.82) is 0 Å². The molecule has 0 spiro atoms. The summed E-state index contributed by atoms with van der Waals surface area (Å²) in [5.41, 5.74) is 3.27. The van der Waals surface area contributed by atoms with Crippen molar-refractivity contribution in [1.82, 2.24) is 9.47 Å². The number of rotatable bonds is 11. The molecule has 0 unspecified atom stereocenters. The number of amides is 1. The van der Waals surface area contributed by atoms with E-state index in [1.807, 2.05) is 113 Å². The minimum atomic E-state index is -0.754. The number of likely N-dealkylation sites (N-methyl/N-ethyl adjacent to an activating group) is 1. The molecular formula is C39H38ClN3O5S. The van der Waals surface area contributed by atoms with Gasteiger partial charge >= 0.3 is 0 Å². The number of methoxy groups -OCH3 is 1. The van der Waals surface area contributed by atoms with Crippen LogP contribution in [0.3, 0.4) is 0 Å². The molecule has 5 aromatic rings. The summed E-state index contributed by atoms with van der Waals surface area (Å²) in [6.45, 7) is 9.49. The van der Waals surface area contributed by atoms with Crippen LogP contribution in [-0.4, -0.2) is 42.2 Å². The molecule has 4 aromatic carbocycles. The van der Waals surface area contributed by atoms with Gasteiger partial charge in [0.1, 0.15) is 18.4 Å². The zero-order chi connectivity index (χ0) is 34.7. The van der Waals surface area contributed by atoms with Crippen LogP contribution in [0.25, 0.3) is 16.8 Å². The van der Waals surface area contributed by atoms with E-state index in [4.69, 9.17) is 30.8 Å². The van der Waals surface area contributed by atoms with Crippen LogP contribution >= 0.6 is 22.9 Å². The first-order valence-electron chi connectivity index (χ1n) is 16.3. The number of fused-ring (bicyclic) bond motifs is 2. The maximum Gasteiger partial charge on any atom is 0.271 e. The van der Waals surface area contributed by atoms with Gasteiger partial charge in [-0.25, -0.2) is 4.99 Å². The highest BCUT2D eigenvalue weighted by atomic mass is 35.5. The van der Waals surface area contributed by atoms with E-state index in [2.05, 4.69) is 0 Å². The number of carbonyl (C=O) groups excluding carboxylic acids is 1. The molecule has 6 rings (SSSR count). The third-order valence-electron chi connectivity index (χ3n) is 8.60. The second-order valence-electron chi connectivity index (χ2n) is 11.5. The van der Waals surface area contributed by atoms with Gasteiger partial charge in [0.15, 0.2) is 16.3 Å². The average Bonchev–Trinajstić information content (AvgIpc) is 3.41. The molecule has 1 aliphatic rings. The Bertz CT molecular complexity index is 2240. The number of ether oxygens (including phenoxy) is 3. The van der Waals surface area contributed by atoms with Gasteiger partial charge in [-0.1, -0.05) is 71.5 Å². The van der Waals surface area contributed by atoms with Crippen molar-refractivity contribution in [2.45, 2.75) is 40.3 Å². The Balaban J connectivity index is 1.49. The molecule has 1 atom stereocenters. The monoisotopic (exact) mass is 695 g/mol. The van der Waals surface area contributed by atoms with E-state index in [1.54, 1.807) is 16.6 Å². The first-order chi connectivity index (χ1) is 23.8. The standard InChI is InChI=1S/C39H38ClN3O5S/c1-6-42(7-2)38(45)34-24(4)41-39-43(36(34)35-29-12-10-9-11-27(29)16-20-31(35)46-5)37(44)33(49-39)22-26-15-19-30(32(21-26)47-8-3)48-23-25-13-17-28(40)18-14-25/h9-22,36H,6-8,23H2,1-5H3/b33-22+/t36-/m0/s1. The molecule has 0 saturated heterocycles. The molecule has 0 aliphatic carbocycles. The quantitative estimate of drug-likeness (QED) is 0.150. The number of carbonyl (C=O) groups is 1. The van der Waals surface area contributed by atoms with Gasteiger partial charge in [-0.3, -0.25) is 14.2 Å². The van der Waals surface area contributed by atoms with Crippen LogP contribution in [0.15, 0.2) is 99.9 Å². The van der Waals surface area contributed by atoms with Crippen molar-refractivity contribution in [2.75, 3.05) is 26.8 Å². The van der Waals surface area contributed by atoms with E-state index >= 15 is 0 Å². The number of halogens is 1. The number of thiazole rings is 1. The van der Waals surface area contributed by atoms with E-state index in [1.165, 1.54) is 11.3 Å². The minimum Gasteiger partial charge on any atom is -0.496 e. The molecule has 0 N–H and O–H groups in total. The van der Waals surface area contributed by atoms with Crippen LogP contribution in [0, 0.1) is 0 Å². The van der Waals surface area contributed by atoms with Crippen LogP contribution in [0.5, 0.6) is 17.2 Å². The highest BCUT2D eigenvalue weighted by Crippen LogP contribution is 2.40. The van der Waals surface area contributed by atoms with Gasteiger partial charge in [-0.2, -0.15) is 0 Å². The number of allylic oxidation sites excluding steroid dienone is 1. The van der Waals surface area contributed by atoms with E-state index in [-0.39, 0.29) is 11.5 Å². The maximum absolute atomic E-state index is 14.5.